The number of hydrogen-bond acceptors (Lipinski definition) is 3. The van der Waals surface area contributed by atoms with Crippen LogP contribution in [0.25, 0.3) is 0 Å². The second-order valence-corrected chi connectivity index (χ2v) is 8.23. The molecule has 0 aliphatic rings. The van der Waals surface area contributed by atoms with Crippen LogP contribution in [-0.2, 0) is 16.1 Å². The Bertz CT molecular complexity index is 832. The van der Waals surface area contributed by atoms with Gasteiger partial charge in [-0.05, 0) is 52.5 Å². The first-order chi connectivity index (χ1) is 14.5. The molecule has 1 atom stereocenters. The summed E-state index contributed by atoms with van der Waals surface area (Å²) in [6.07, 6.45) is 2.41. The zero-order chi connectivity index (χ0) is 21.9. The largest absolute Gasteiger partial charge is 0.483 e. The highest BCUT2D eigenvalue weighted by Gasteiger charge is 2.28. The van der Waals surface area contributed by atoms with Crippen molar-refractivity contribution in [1.29, 1.82) is 0 Å². The molecule has 2 amide bonds. The van der Waals surface area contributed by atoms with Crippen molar-refractivity contribution in [3.8, 4) is 5.75 Å². The first-order valence-corrected chi connectivity index (χ1v) is 11.3. The number of nitrogens with one attached hydrogen (secondary N) is 1. The maximum absolute atomic E-state index is 13.1. The van der Waals surface area contributed by atoms with E-state index in [0.717, 1.165) is 18.4 Å². The third-order valence-electron chi connectivity index (χ3n) is 4.66. The van der Waals surface area contributed by atoms with Gasteiger partial charge in [0.2, 0.25) is 5.91 Å². The first-order valence-electron chi connectivity index (χ1n) is 10.1. The van der Waals surface area contributed by atoms with E-state index in [2.05, 4.69) is 28.2 Å². The number of unbranched alkanes of at least 4 members (excludes halogenated alkanes) is 1. The molecule has 0 saturated heterocycles. The van der Waals surface area contributed by atoms with Crippen LogP contribution in [0.2, 0.25) is 5.02 Å². The summed E-state index contributed by atoms with van der Waals surface area (Å²) in [6, 6.07) is 14.2. The van der Waals surface area contributed by atoms with Crippen molar-refractivity contribution in [3.05, 3.63) is 63.6 Å². The van der Waals surface area contributed by atoms with Gasteiger partial charge in [0.25, 0.3) is 5.91 Å². The quantitative estimate of drug-likeness (QED) is 0.436. The Labute approximate surface area is 191 Å². The molecule has 0 aliphatic heterocycles. The first kappa shape index (κ1) is 24.2. The molecule has 0 bridgehead atoms. The third-order valence-corrected chi connectivity index (χ3v) is 5.51. The fourth-order valence-corrected chi connectivity index (χ4v) is 3.82. The molecule has 5 nitrogen and oxygen atoms in total. The molecule has 162 valence electrons. The predicted octanol–water partition coefficient (Wildman–Crippen LogP) is 5.21. The molecule has 1 N–H and O–H groups in total. The van der Waals surface area contributed by atoms with Crippen LogP contribution in [0.5, 0.6) is 5.75 Å². The van der Waals surface area contributed by atoms with Gasteiger partial charge in [-0.25, -0.2) is 0 Å². The van der Waals surface area contributed by atoms with Gasteiger partial charge in [-0.1, -0.05) is 62.2 Å². The fraction of sp³-hybridized carbons (Fsp3) is 0.391. The van der Waals surface area contributed by atoms with Crippen LogP contribution >= 0.6 is 27.5 Å². The van der Waals surface area contributed by atoms with Crippen molar-refractivity contribution < 1.29 is 14.3 Å². The summed E-state index contributed by atoms with van der Waals surface area (Å²) in [5, 5.41) is 3.52. The molecule has 0 heterocycles. The fourth-order valence-electron chi connectivity index (χ4n) is 3.02. The van der Waals surface area contributed by atoms with Crippen LogP contribution in [0.3, 0.4) is 0 Å². The summed E-state index contributed by atoms with van der Waals surface area (Å²) >= 11 is 9.35. The number of halogens is 2. The van der Waals surface area contributed by atoms with Crippen molar-refractivity contribution in [3.63, 3.8) is 0 Å². The van der Waals surface area contributed by atoms with Gasteiger partial charge in [0.15, 0.2) is 6.61 Å². The standard InChI is InChI=1S/C23H28BrClN2O3/c1-3-5-13-26-23(29)20(4-2)27(15-17-9-7-6-8-10-17)22(28)16-30-21-12-11-18(25)14-19(21)24/h6-12,14,20H,3-5,13,15-16H2,1-2H3,(H,26,29)/t20-/m1/s1. The van der Waals surface area contributed by atoms with Crippen LogP contribution in [0.15, 0.2) is 53.0 Å². The van der Waals surface area contributed by atoms with E-state index in [9.17, 15) is 9.59 Å². The van der Waals surface area contributed by atoms with E-state index in [1.807, 2.05) is 37.3 Å². The molecule has 30 heavy (non-hydrogen) atoms. The minimum Gasteiger partial charge on any atom is -0.483 e. The second-order valence-electron chi connectivity index (χ2n) is 6.94. The molecule has 2 aromatic rings. The zero-order valence-electron chi connectivity index (χ0n) is 17.4. The molecule has 7 heteroatoms. The van der Waals surface area contributed by atoms with E-state index in [4.69, 9.17) is 16.3 Å². The summed E-state index contributed by atoms with van der Waals surface area (Å²) < 4.78 is 6.39. The van der Waals surface area contributed by atoms with Crippen molar-refractivity contribution in [1.82, 2.24) is 10.2 Å². The molecule has 0 spiro atoms. The van der Waals surface area contributed by atoms with Gasteiger partial charge >= 0.3 is 0 Å². The lowest BCUT2D eigenvalue weighted by Crippen LogP contribution is -2.50. The van der Waals surface area contributed by atoms with Gasteiger partial charge < -0.3 is 15.0 Å². The molecule has 0 radical (unpaired) electrons. The van der Waals surface area contributed by atoms with E-state index in [1.54, 1.807) is 23.1 Å². The average molecular weight is 496 g/mol. The monoisotopic (exact) mass is 494 g/mol. The van der Waals surface area contributed by atoms with Gasteiger partial charge in [-0.15, -0.1) is 0 Å². The Hall–Kier alpha value is -2.05. The number of carbonyl (C=O) groups excluding carboxylic acids is 2. The molecule has 2 aromatic carbocycles. The summed E-state index contributed by atoms with van der Waals surface area (Å²) in [4.78, 5) is 27.5. The summed E-state index contributed by atoms with van der Waals surface area (Å²) in [7, 11) is 0. The third kappa shape index (κ3) is 7.33. The van der Waals surface area contributed by atoms with Crippen LogP contribution in [0.1, 0.15) is 38.7 Å². The summed E-state index contributed by atoms with van der Waals surface area (Å²) in [6.45, 7) is 4.75. The highest BCUT2D eigenvalue weighted by Crippen LogP contribution is 2.28. The van der Waals surface area contributed by atoms with Gasteiger partial charge in [-0.2, -0.15) is 0 Å². The second kappa shape index (κ2) is 12.6. The number of benzene rings is 2. The van der Waals surface area contributed by atoms with Crippen LogP contribution in [0.4, 0.5) is 0 Å². The van der Waals surface area contributed by atoms with E-state index in [0.29, 0.717) is 34.8 Å². The number of amides is 2. The number of carbonyl (C=O) groups is 2. The highest BCUT2D eigenvalue weighted by molar-refractivity contribution is 9.10. The van der Waals surface area contributed by atoms with Crippen LogP contribution in [0, 0.1) is 0 Å². The van der Waals surface area contributed by atoms with Gasteiger partial charge in [0.05, 0.1) is 4.47 Å². The number of ether oxygens (including phenoxy) is 1. The molecular weight excluding hydrogens is 468 g/mol. The Balaban J connectivity index is 2.16. The number of rotatable bonds is 11. The maximum Gasteiger partial charge on any atom is 0.261 e. The summed E-state index contributed by atoms with van der Waals surface area (Å²) in [5.74, 6) is 0.133. The topological polar surface area (TPSA) is 58.6 Å². The molecule has 0 aromatic heterocycles. The SMILES string of the molecule is CCCCNC(=O)[C@@H](CC)N(Cc1ccccc1)C(=O)COc1ccc(Cl)cc1Br. The normalized spacial score (nSPS) is 11.6. The smallest absolute Gasteiger partial charge is 0.261 e. The van der Waals surface area contributed by atoms with Gasteiger partial charge in [-0.3, -0.25) is 9.59 Å². The molecule has 2 rings (SSSR count). The van der Waals surface area contributed by atoms with Crippen molar-refractivity contribution >= 4 is 39.3 Å². The highest BCUT2D eigenvalue weighted by atomic mass is 79.9. The van der Waals surface area contributed by atoms with E-state index >= 15 is 0 Å². The average Bonchev–Trinajstić information content (AvgIpc) is 2.73. The van der Waals surface area contributed by atoms with E-state index in [-0.39, 0.29) is 18.4 Å². The van der Waals surface area contributed by atoms with Crippen molar-refractivity contribution in [2.75, 3.05) is 13.2 Å². The lowest BCUT2D eigenvalue weighted by molar-refractivity contribution is -0.143. The molecule has 0 fully saturated rings. The van der Waals surface area contributed by atoms with Crippen LogP contribution in [-0.4, -0.2) is 35.9 Å². The van der Waals surface area contributed by atoms with E-state index in [1.165, 1.54) is 0 Å². The molecule has 0 unspecified atom stereocenters. The number of hydrogen-bond donors (Lipinski definition) is 1. The van der Waals surface area contributed by atoms with Crippen LogP contribution < -0.4 is 10.1 Å². The Morgan fingerprint density at radius 1 is 1.17 bits per heavy atom. The van der Waals surface area contributed by atoms with Crippen molar-refractivity contribution in [2.45, 2.75) is 45.7 Å². The predicted molar refractivity (Wildman–Crippen MR) is 124 cm³/mol. The van der Waals surface area contributed by atoms with E-state index < -0.39 is 6.04 Å². The molecule has 0 saturated carbocycles. The Morgan fingerprint density at radius 2 is 1.90 bits per heavy atom. The maximum atomic E-state index is 13.1. The molecule has 0 aliphatic carbocycles. The van der Waals surface area contributed by atoms with Crippen molar-refractivity contribution in [2.24, 2.45) is 0 Å². The number of nitrogens with zero attached hydrogens (tertiary/aromatic N) is 1. The minimum absolute atomic E-state index is 0.136. The molecular formula is C23H28BrClN2O3. The van der Waals surface area contributed by atoms with Gasteiger partial charge in [0.1, 0.15) is 11.8 Å². The zero-order valence-corrected chi connectivity index (χ0v) is 19.7. The Morgan fingerprint density at radius 3 is 2.53 bits per heavy atom. The lowest BCUT2D eigenvalue weighted by Gasteiger charge is -2.30. The summed E-state index contributed by atoms with van der Waals surface area (Å²) in [5.41, 5.74) is 0.957. The minimum atomic E-state index is -0.563. The lowest BCUT2D eigenvalue weighted by atomic mass is 10.1. The van der Waals surface area contributed by atoms with Gasteiger partial charge in [0, 0.05) is 18.1 Å². The Kier molecular flexibility index (Phi) is 10.2.